The van der Waals surface area contributed by atoms with E-state index >= 15 is 0 Å². The van der Waals surface area contributed by atoms with E-state index < -0.39 is 0 Å². The fourth-order valence-corrected chi connectivity index (χ4v) is 2.54. The van der Waals surface area contributed by atoms with Gasteiger partial charge in [0.05, 0.1) is 6.61 Å². The van der Waals surface area contributed by atoms with Crippen molar-refractivity contribution in [3.05, 3.63) is 59.7 Å². The van der Waals surface area contributed by atoms with Gasteiger partial charge < -0.3 is 10.1 Å². The number of unbranched alkanes of at least 4 members (excludes halogenated alkanes) is 1. The number of thiocarbonyl (C=S) groups is 1. The molecule has 0 fully saturated rings. The van der Waals surface area contributed by atoms with E-state index in [1.165, 1.54) is 5.56 Å². The zero-order valence-corrected chi connectivity index (χ0v) is 16.4. The van der Waals surface area contributed by atoms with E-state index in [4.69, 9.17) is 17.0 Å². The highest BCUT2D eigenvalue weighted by Gasteiger charge is 2.09. The molecule has 2 aromatic carbocycles. The zero-order chi connectivity index (χ0) is 18.9. The average Bonchev–Trinajstić information content (AvgIpc) is 2.63. The Balaban J connectivity index is 1.86. The average molecular weight is 371 g/mol. The molecule has 0 aliphatic heterocycles. The molecule has 0 saturated heterocycles. The van der Waals surface area contributed by atoms with Gasteiger partial charge in [-0.3, -0.25) is 10.1 Å². The summed E-state index contributed by atoms with van der Waals surface area (Å²) in [5, 5.41) is 5.98. The first-order chi connectivity index (χ1) is 12.5. The van der Waals surface area contributed by atoms with Crippen LogP contribution >= 0.6 is 12.2 Å². The van der Waals surface area contributed by atoms with Gasteiger partial charge >= 0.3 is 0 Å². The Hall–Kier alpha value is -2.40. The van der Waals surface area contributed by atoms with Gasteiger partial charge in [0.15, 0.2) is 5.11 Å². The van der Waals surface area contributed by atoms with Crippen LogP contribution in [0.3, 0.4) is 0 Å². The van der Waals surface area contributed by atoms with Crippen molar-refractivity contribution in [3.8, 4) is 5.75 Å². The van der Waals surface area contributed by atoms with E-state index in [-0.39, 0.29) is 11.0 Å². The fraction of sp³-hybridized carbons (Fsp3) is 0.333. The molecule has 0 spiro atoms. The lowest BCUT2D eigenvalue weighted by atomic mass is 10.0. The lowest BCUT2D eigenvalue weighted by Crippen LogP contribution is -2.34. The number of rotatable bonds is 7. The van der Waals surface area contributed by atoms with Crippen LogP contribution in [0, 0.1) is 0 Å². The summed E-state index contributed by atoms with van der Waals surface area (Å²) < 4.78 is 5.62. The maximum atomic E-state index is 12.3. The predicted molar refractivity (Wildman–Crippen MR) is 111 cm³/mol. The van der Waals surface area contributed by atoms with E-state index in [9.17, 15) is 4.79 Å². The summed E-state index contributed by atoms with van der Waals surface area (Å²) in [4.78, 5) is 12.3. The van der Waals surface area contributed by atoms with Crippen molar-refractivity contribution in [2.75, 3.05) is 11.9 Å². The molecule has 0 heterocycles. The van der Waals surface area contributed by atoms with Crippen molar-refractivity contribution in [2.24, 2.45) is 0 Å². The van der Waals surface area contributed by atoms with Gasteiger partial charge in [-0.25, -0.2) is 0 Å². The van der Waals surface area contributed by atoms with Gasteiger partial charge in [-0.15, -0.1) is 0 Å². The Morgan fingerprint density at radius 1 is 1.08 bits per heavy atom. The standard InChI is InChI=1S/C21H26N2O2S/c1-4-5-14-25-19-12-10-18(11-13-19)22-21(26)23-20(24)17-8-6-16(7-9-17)15(2)3/h6-13,15H,4-5,14H2,1-3H3,(H2,22,23,24,26). The highest BCUT2D eigenvalue weighted by molar-refractivity contribution is 7.80. The maximum absolute atomic E-state index is 12.3. The van der Waals surface area contributed by atoms with Crippen LogP contribution in [0.25, 0.3) is 0 Å². The third-order valence-corrected chi connectivity index (χ3v) is 4.15. The lowest BCUT2D eigenvalue weighted by Gasteiger charge is -2.11. The predicted octanol–water partition coefficient (Wildman–Crippen LogP) is 5.12. The number of anilines is 1. The van der Waals surface area contributed by atoms with Crippen molar-refractivity contribution < 1.29 is 9.53 Å². The maximum Gasteiger partial charge on any atom is 0.257 e. The first-order valence-corrected chi connectivity index (χ1v) is 9.35. The van der Waals surface area contributed by atoms with Gasteiger partial charge in [-0.2, -0.15) is 0 Å². The van der Waals surface area contributed by atoms with Crippen molar-refractivity contribution >= 4 is 28.9 Å². The summed E-state index contributed by atoms with van der Waals surface area (Å²) in [6.45, 7) is 7.08. The molecule has 0 aliphatic carbocycles. The molecule has 26 heavy (non-hydrogen) atoms. The molecule has 0 aliphatic rings. The first kappa shape index (κ1) is 19.9. The first-order valence-electron chi connectivity index (χ1n) is 8.94. The molecule has 1 amide bonds. The highest BCUT2D eigenvalue weighted by atomic mass is 32.1. The molecule has 5 heteroatoms. The molecular weight excluding hydrogens is 344 g/mol. The quantitative estimate of drug-likeness (QED) is 0.525. The molecule has 0 atom stereocenters. The van der Waals surface area contributed by atoms with Crippen LogP contribution in [-0.4, -0.2) is 17.6 Å². The summed E-state index contributed by atoms with van der Waals surface area (Å²) in [6.07, 6.45) is 2.14. The van der Waals surface area contributed by atoms with Crippen molar-refractivity contribution in [2.45, 2.75) is 39.5 Å². The monoisotopic (exact) mass is 370 g/mol. The van der Waals surface area contributed by atoms with Gasteiger partial charge in [0.2, 0.25) is 0 Å². The van der Waals surface area contributed by atoms with Crippen LogP contribution in [0.1, 0.15) is 55.5 Å². The SMILES string of the molecule is CCCCOc1ccc(NC(=S)NC(=O)c2ccc(C(C)C)cc2)cc1. The smallest absolute Gasteiger partial charge is 0.257 e. The normalized spacial score (nSPS) is 10.5. The van der Waals surface area contributed by atoms with Crippen molar-refractivity contribution in [1.82, 2.24) is 5.32 Å². The minimum Gasteiger partial charge on any atom is -0.494 e. The van der Waals surface area contributed by atoms with Gasteiger partial charge in [-0.05, 0) is 66.5 Å². The zero-order valence-electron chi connectivity index (χ0n) is 15.5. The van der Waals surface area contributed by atoms with Gasteiger partial charge in [-0.1, -0.05) is 39.3 Å². The van der Waals surface area contributed by atoms with E-state index in [1.54, 1.807) is 0 Å². The Morgan fingerprint density at radius 3 is 2.31 bits per heavy atom. The van der Waals surface area contributed by atoms with E-state index in [0.29, 0.717) is 18.1 Å². The Kier molecular flexibility index (Phi) is 7.60. The van der Waals surface area contributed by atoms with Crippen LogP contribution in [0.4, 0.5) is 5.69 Å². The second kappa shape index (κ2) is 9.92. The van der Waals surface area contributed by atoms with Crippen LogP contribution in [0.15, 0.2) is 48.5 Å². The minimum absolute atomic E-state index is 0.225. The summed E-state index contributed by atoms with van der Waals surface area (Å²) in [6, 6.07) is 15.1. The molecule has 2 N–H and O–H groups in total. The topological polar surface area (TPSA) is 50.4 Å². The molecular formula is C21H26N2O2S. The van der Waals surface area contributed by atoms with Crippen LogP contribution in [0.2, 0.25) is 0 Å². The number of amides is 1. The molecule has 4 nitrogen and oxygen atoms in total. The summed E-state index contributed by atoms with van der Waals surface area (Å²) in [7, 11) is 0. The van der Waals surface area contributed by atoms with Crippen molar-refractivity contribution in [1.29, 1.82) is 0 Å². The number of hydrogen-bond acceptors (Lipinski definition) is 3. The molecule has 0 saturated carbocycles. The number of benzene rings is 2. The number of ether oxygens (including phenoxy) is 1. The molecule has 2 aromatic rings. The van der Waals surface area contributed by atoms with E-state index in [2.05, 4.69) is 31.4 Å². The van der Waals surface area contributed by atoms with E-state index in [0.717, 1.165) is 24.3 Å². The Labute approximate surface area is 161 Å². The van der Waals surface area contributed by atoms with Gasteiger partial charge in [0.25, 0.3) is 5.91 Å². The van der Waals surface area contributed by atoms with Gasteiger partial charge in [0, 0.05) is 11.3 Å². The van der Waals surface area contributed by atoms with Crippen molar-refractivity contribution in [3.63, 3.8) is 0 Å². The van der Waals surface area contributed by atoms with Crippen LogP contribution in [0.5, 0.6) is 5.75 Å². The number of hydrogen-bond donors (Lipinski definition) is 2. The molecule has 138 valence electrons. The highest BCUT2D eigenvalue weighted by Crippen LogP contribution is 2.17. The number of carbonyl (C=O) groups is 1. The summed E-state index contributed by atoms with van der Waals surface area (Å²) >= 11 is 5.22. The minimum atomic E-state index is -0.225. The Bertz CT molecular complexity index is 725. The number of carbonyl (C=O) groups excluding carboxylic acids is 1. The molecule has 0 unspecified atom stereocenters. The molecule has 0 aromatic heterocycles. The van der Waals surface area contributed by atoms with Gasteiger partial charge in [0.1, 0.15) is 5.75 Å². The summed E-state index contributed by atoms with van der Waals surface area (Å²) in [5.41, 5.74) is 2.58. The Morgan fingerprint density at radius 2 is 1.73 bits per heavy atom. The van der Waals surface area contributed by atoms with Crippen LogP contribution in [-0.2, 0) is 0 Å². The second-order valence-electron chi connectivity index (χ2n) is 6.41. The molecule has 0 radical (unpaired) electrons. The fourth-order valence-electron chi connectivity index (χ4n) is 2.33. The van der Waals surface area contributed by atoms with Crippen LogP contribution < -0.4 is 15.4 Å². The van der Waals surface area contributed by atoms with E-state index in [1.807, 2.05) is 48.5 Å². The molecule has 2 rings (SSSR count). The largest absolute Gasteiger partial charge is 0.494 e. The number of nitrogens with one attached hydrogen (secondary N) is 2. The lowest BCUT2D eigenvalue weighted by molar-refractivity contribution is 0.0977. The second-order valence-corrected chi connectivity index (χ2v) is 6.82. The molecule has 0 bridgehead atoms. The third-order valence-electron chi connectivity index (χ3n) is 3.95. The summed E-state index contributed by atoms with van der Waals surface area (Å²) in [5.74, 6) is 1.03. The third kappa shape index (κ3) is 6.15.